The lowest BCUT2D eigenvalue weighted by Crippen LogP contribution is -2.45. The van der Waals surface area contributed by atoms with E-state index in [0.29, 0.717) is 18.3 Å². The number of amides is 1. The first kappa shape index (κ1) is 23.8. The van der Waals surface area contributed by atoms with Gasteiger partial charge in [0.15, 0.2) is 5.76 Å². The first-order chi connectivity index (χ1) is 16.2. The van der Waals surface area contributed by atoms with Crippen LogP contribution in [0.1, 0.15) is 38.1 Å². The fraction of sp³-hybridized carbons (Fsp3) is 0.615. The molecule has 0 spiro atoms. The number of rotatable bonds is 9. The third-order valence-electron chi connectivity index (χ3n) is 7.27. The van der Waals surface area contributed by atoms with Gasteiger partial charge < -0.3 is 19.6 Å². The maximum atomic E-state index is 12.7. The second kappa shape index (κ2) is 11.7. The summed E-state index contributed by atoms with van der Waals surface area (Å²) in [6, 6.07) is 12.8. The lowest BCUT2D eigenvalue weighted by atomic mass is 9.81. The molecule has 0 aliphatic carbocycles. The number of aromatic nitrogens is 1. The monoisotopic (exact) mass is 453 g/mol. The Labute approximate surface area is 198 Å². The van der Waals surface area contributed by atoms with E-state index in [1.807, 2.05) is 4.90 Å². The highest BCUT2D eigenvalue weighted by Crippen LogP contribution is 2.27. The SMILES string of the molecule is CCN(CC)C(=O)CC1CCNCC1Cc1cc(CN2CCN(c3ccccc3)CC2)on1. The van der Waals surface area contributed by atoms with Crippen LogP contribution in [0.25, 0.3) is 0 Å². The fourth-order valence-electron chi connectivity index (χ4n) is 5.23. The number of nitrogens with one attached hydrogen (secondary N) is 1. The summed E-state index contributed by atoms with van der Waals surface area (Å²) in [5.41, 5.74) is 2.32. The van der Waals surface area contributed by atoms with E-state index in [0.717, 1.165) is 83.2 Å². The topological polar surface area (TPSA) is 64.9 Å². The molecule has 0 bridgehead atoms. The molecule has 1 aromatic heterocycles. The van der Waals surface area contributed by atoms with Gasteiger partial charge in [0.2, 0.25) is 5.91 Å². The summed E-state index contributed by atoms with van der Waals surface area (Å²) in [7, 11) is 0. The summed E-state index contributed by atoms with van der Waals surface area (Å²) in [6.45, 7) is 12.5. The van der Waals surface area contributed by atoms with E-state index in [1.54, 1.807) is 0 Å². The largest absolute Gasteiger partial charge is 0.369 e. The Bertz CT molecular complexity index is 859. The maximum Gasteiger partial charge on any atom is 0.222 e. The molecule has 1 aromatic carbocycles. The molecule has 2 aromatic rings. The summed E-state index contributed by atoms with van der Waals surface area (Å²) in [5.74, 6) is 2.06. The molecule has 2 unspecified atom stereocenters. The Kier molecular flexibility index (Phi) is 8.40. The van der Waals surface area contributed by atoms with Gasteiger partial charge in [0.25, 0.3) is 0 Å². The van der Waals surface area contributed by atoms with Crippen LogP contribution >= 0.6 is 0 Å². The van der Waals surface area contributed by atoms with E-state index in [1.165, 1.54) is 5.69 Å². The number of anilines is 1. The van der Waals surface area contributed by atoms with Crippen molar-refractivity contribution in [2.24, 2.45) is 11.8 Å². The number of carbonyl (C=O) groups is 1. The predicted octanol–water partition coefficient (Wildman–Crippen LogP) is 3.02. The molecule has 2 fully saturated rings. The van der Waals surface area contributed by atoms with Crippen LogP contribution < -0.4 is 10.2 Å². The van der Waals surface area contributed by atoms with Crippen LogP contribution in [-0.2, 0) is 17.8 Å². The molecule has 180 valence electrons. The van der Waals surface area contributed by atoms with Gasteiger partial charge >= 0.3 is 0 Å². The lowest BCUT2D eigenvalue weighted by molar-refractivity contribution is -0.132. The van der Waals surface area contributed by atoms with Crippen LogP contribution in [0.15, 0.2) is 40.9 Å². The van der Waals surface area contributed by atoms with E-state index < -0.39 is 0 Å². The number of hydrogen-bond acceptors (Lipinski definition) is 6. The number of benzene rings is 1. The minimum atomic E-state index is 0.285. The van der Waals surface area contributed by atoms with Gasteiger partial charge in [-0.15, -0.1) is 0 Å². The van der Waals surface area contributed by atoms with Gasteiger partial charge in [-0.05, 0) is 63.7 Å². The molecule has 7 nitrogen and oxygen atoms in total. The lowest BCUT2D eigenvalue weighted by Gasteiger charge is -2.35. The molecule has 1 N–H and O–H groups in total. The van der Waals surface area contributed by atoms with Crippen LogP contribution in [0.5, 0.6) is 0 Å². The van der Waals surface area contributed by atoms with Crippen molar-refractivity contribution in [2.75, 3.05) is 57.3 Å². The highest BCUT2D eigenvalue weighted by Gasteiger charge is 2.29. The van der Waals surface area contributed by atoms with Gasteiger partial charge in [-0.25, -0.2) is 0 Å². The van der Waals surface area contributed by atoms with Gasteiger partial charge in [-0.1, -0.05) is 23.4 Å². The Hall–Kier alpha value is -2.38. The highest BCUT2D eigenvalue weighted by atomic mass is 16.5. The summed E-state index contributed by atoms with van der Waals surface area (Å²) in [5, 5.41) is 7.89. The van der Waals surface area contributed by atoms with Crippen LogP contribution in [0, 0.1) is 11.8 Å². The molecule has 4 rings (SSSR count). The van der Waals surface area contributed by atoms with Gasteiger partial charge in [-0.2, -0.15) is 0 Å². The average Bonchev–Trinajstić information content (AvgIpc) is 3.29. The second-order valence-electron chi connectivity index (χ2n) is 9.37. The zero-order valence-electron chi connectivity index (χ0n) is 20.2. The van der Waals surface area contributed by atoms with Crippen molar-refractivity contribution in [3.05, 3.63) is 47.9 Å². The molecule has 2 atom stereocenters. The van der Waals surface area contributed by atoms with Crippen molar-refractivity contribution in [1.82, 2.24) is 20.3 Å². The molecule has 1 amide bonds. The van der Waals surface area contributed by atoms with Crippen molar-refractivity contribution in [1.29, 1.82) is 0 Å². The van der Waals surface area contributed by atoms with Crippen molar-refractivity contribution in [3.8, 4) is 0 Å². The van der Waals surface area contributed by atoms with E-state index in [-0.39, 0.29) is 5.91 Å². The van der Waals surface area contributed by atoms with Crippen molar-refractivity contribution in [3.63, 3.8) is 0 Å². The molecule has 2 aliphatic heterocycles. The van der Waals surface area contributed by atoms with Gasteiger partial charge in [-0.3, -0.25) is 9.69 Å². The quantitative estimate of drug-likeness (QED) is 0.630. The van der Waals surface area contributed by atoms with E-state index in [2.05, 4.69) is 70.5 Å². The number of carbonyl (C=O) groups excluding carboxylic acids is 1. The van der Waals surface area contributed by atoms with Crippen molar-refractivity contribution < 1.29 is 9.32 Å². The Balaban J connectivity index is 1.27. The normalized spacial score (nSPS) is 21.8. The number of piperidine rings is 1. The van der Waals surface area contributed by atoms with E-state index in [9.17, 15) is 4.79 Å². The smallest absolute Gasteiger partial charge is 0.222 e. The van der Waals surface area contributed by atoms with Crippen molar-refractivity contribution in [2.45, 2.75) is 39.7 Å². The van der Waals surface area contributed by atoms with Crippen LogP contribution in [0.4, 0.5) is 5.69 Å². The zero-order valence-corrected chi connectivity index (χ0v) is 20.2. The van der Waals surface area contributed by atoms with E-state index >= 15 is 0 Å². The van der Waals surface area contributed by atoms with Crippen LogP contribution in [0.3, 0.4) is 0 Å². The molecule has 7 heteroatoms. The first-order valence-corrected chi connectivity index (χ1v) is 12.6. The first-order valence-electron chi connectivity index (χ1n) is 12.6. The number of para-hydroxylation sites is 1. The number of piperazine rings is 1. The van der Waals surface area contributed by atoms with Gasteiger partial charge in [0, 0.05) is 57.4 Å². The summed E-state index contributed by atoms with van der Waals surface area (Å²) >= 11 is 0. The summed E-state index contributed by atoms with van der Waals surface area (Å²) < 4.78 is 5.71. The molecule has 2 saturated heterocycles. The molecule has 33 heavy (non-hydrogen) atoms. The molecular formula is C26H39N5O2. The fourth-order valence-corrected chi connectivity index (χ4v) is 5.23. The van der Waals surface area contributed by atoms with Crippen LogP contribution in [-0.4, -0.2) is 73.2 Å². The summed E-state index contributed by atoms with van der Waals surface area (Å²) in [4.78, 5) is 19.5. The third kappa shape index (κ3) is 6.36. The minimum absolute atomic E-state index is 0.285. The second-order valence-corrected chi connectivity index (χ2v) is 9.37. The van der Waals surface area contributed by atoms with E-state index in [4.69, 9.17) is 4.52 Å². The minimum Gasteiger partial charge on any atom is -0.369 e. The molecule has 2 aliphatic rings. The number of nitrogens with zero attached hydrogens (tertiary/aromatic N) is 4. The van der Waals surface area contributed by atoms with Gasteiger partial charge in [0.1, 0.15) is 0 Å². The Morgan fingerprint density at radius 1 is 1.12 bits per heavy atom. The van der Waals surface area contributed by atoms with Crippen LogP contribution in [0.2, 0.25) is 0 Å². The van der Waals surface area contributed by atoms with Crippen molar-refractivity contribution >= 4 is 11.6 Å². The predicted molar refractivity (Wildman–Crippen MR) is 131 cm³/mol. The standard InChI is InChI=1S/C26H39N5O2/c1-3-30(4-2)26(32)17-21-10-11-27-19-22(21)16-23-18-25(33-28-23)20-29-12-14-31(15-13-29)24-8-6-5-7-9-24/h5-9,18,21-22,27H,3-4,10-17,19-20H2,1-2H3. The average molecular weight is 454 g/mol. The maximum absolute atomic E-state index is 12.7. The molecule has 0 radical (unpaired) electrons. The third-order valence-corrected chi connectivity index (χ3v) is 7.27. The molecular weight excluding hydrogens is 414 g/mol. The Morgan fingerprint density at radius 3 is 2.61 bits per heavy atom. The zero-order chi connectivity index (χ0) is 23.0. The molecule has 0 saturated carbocycles. The summed E-state index contributed by atoms with van der Waals surface area (Å²) in [6.07, 6.45) is 2.56. The van der Waals surface area contributed by atoms with Gasteiger partial charge in [0.05, 0.1) is 12.2 Å². The highest BCUT2D eigenvalue weighted by molar-refractivity contribution is 5.76. The Morgan fingerprint density at radius 2 is 1.88 bits per heavy atom. The number of hydrogen-bond donors (Lipinski definition) is 1. The molecule has 3 heterocycles.